The van der Waals surface area contributed by atoms with E-state index in [1.54, 1.807) is 24.0 Å². The van der Waals surface area contributed by atoms with Gasteiger partial charge in [-0.05, 0) is 6.92 Å². The van der Waals surface area contributed by atoms with E-state index < -0.39 is 0 Å². The largest absolute Gasteiger partial charge is 0.396 e. The number of aromatic nitrogens is 2. The molecular weight excluding hydrogens is 192 g/mol. The Labute approximate surface area is 89.2 Å². The van der Waals surface area contributed by atoms with Gasteiger partial charge in [-0.25, -0.2) is 0 Å². The van der Waals surface area contributed by atoms with E-state index in [9.17, 15) is 4.79 Å². The van der Waals surface area contributed by atoms with Crippen molar-refractivity contribution in [2.24, 2.45) is 0 Å². The van der Waals surface area contributed by atoms with Crippen LogP contribution in [0, 0.1) is 0 Å². The molecule has 82 valence electrons. The van der Waals surface area contributed by atoms with Crippen molar-refractivity contribution in [2.45, 2.75) is 13.5 Å². The number of likely N-dealkylation sites (N-methyl/N-ethyl adjacent to an activating group) is 1. The highest BCUT2D eigenvalue weighted by Crippen LogP contribution is 2.11. The zero-order valence-corrected chi connectivity index (χ0v) is 9.10. The van der Waals surface area contributed by atoms with E-state index >= 15 is 0 Å². The lowest BCUT2D eigenvalue weighted by Gasteiger charge is -2.13. The number of hydrogen-bond acceptors (Lipinski definition) is 3. The van der Waals surface area contributed by atoms with E-state index in [-0.39, 0.29) is 5.91 Å². The molecule has 0 saturated heterocycles. The Morgan fingerprint density at radius 3 is 2.93 bits per heavy atom. The fourth-order valence-electron chi connectivity index (χ4n) is 1.22. The van der Waals surface area contributed by atoms with Crippen LogP contribution < -0.4 is 5.73 Å². The summed E-state index contributed by atoms with van der Waals surface area (Å²) in [7, 11) is 1.69. The maximum Gasteiger partial charge on any atom is 0.276 e. The van der Waals surface area contributed by atoms with Crippen molar-refractivity contribution < 1.29 is 4.79 Å². The second-order valence-electron chi connectivity index (χ2n) is 3.26. The van der Waals surface area contributed by atoms with Crippen LogP contribution in [0.5, 0.6) is 0 Å². The summed E-state index contributed by atoms with van der Waals surface area (Å²) in [6.07, 6.45) is 3.32. The smallest absolute Gasteiger partial charge is 0.276 e. The molecule has 1 aromatic heterocycles. The van der Waals surface area contributed by atoms with Gasteiger partial charge in [-0.2, -0.15) is 5.10 Å². The first-order valence-corrected chi connectivity index (χ1v) is 4.79. The van der Waals surface area contributed by atoms with Gasteiger partial charge >= 0.3 is 0 Å². The number of aryl methyl sites for hydroxylation is 1. The van der Waals surface area contributed by atoms with E-state index in [1.807, 2.05) is 6.92 Å². The highest BCUT2D eigenvalue weighted by atomic mass is 16.2. The summed E-state index contributed by atoms with van der Waals surface area (Å²) < 4.78 is 1.64. The first-order valence-electron chi connectivity index (χ1n) is 4.79. The number of nitrogens with two attached hydrogens (primary N) is 1. The number of amides is 1. The maximum atomic E-state index is 11.8. The Bertz CT molecular complexity index is 369. The van der Waals surface area contributed by atoms with E-state index in [2.05, 4.69) is 11.7 Å². The summed E-state index contributed by atoms with van der Waals surface area (Å²) in [5.74, 6) is -0.181. The van der Waals surface area contributed by atoms with E-state index in [1.165, 1.54) is 4.90 Å². The first-order chi connectivity index (χ1) is 7.10. The molecule has 5 nitrogen and oxygen atoms in total. The van der Waals surface area contributed by atoms with Crippen molar-refractivity contribution in [3.05, 3.63) is 24.5 Å². The summed E-state index contributed by atoms with van der Waals surface area (Å²) in [5.41, 5.74) is 6.42. The normalized spacial score (nSPS) is 10.0. The molecule has 0 atom stereocenters. The van der Waals surface area contributed by atoms with Crippen LogP contribution in [0.3, 0.4) is 0 Å². The summed E-state index contributed by atoms with van der Waals surface area (Å²) in [6.45, 7) is 6.69. The van der Waals surface area contributed by atoms with E-state index in [4.69, 9.17) is 5.73 Å². The van der Waals surface area contributed by atoms with Crippen molar-refractivity contribution in [2.75, 3.05) is 19.3 Å². The predicted molar refractivity (Wildman–Crippen MR) is 59.5 cm³/mol. The highest BCUT2D eigenvalue weighted by Gasteiger charge is 2.17. The van der Waals surface area contributed by atoms with Gasteiger partial charge in [0.05, 0.1) is 5.69 Å². The lowest BCUT2D eigenvalue weighted by Crippen LogP contribution is -2.27. The summed E-state index contributed by atoms with van der Waals surface area (Å²) in [4.78, 5) is 13.3. The second-order valence-corrected chi connectivity index (χ2v) is 3.26. The van der Waals surface area contributed by atoms with Crippen LogP contribution in [0.1, 0.15) is 17.4 Å². The minimum absolute atomic E-state index is 0.181. The maximum absolute atomic E-state index is 11.8. The summed E-state index contributed by atoms with van der Waals surface area (Å²) in [6, 6.07) is 0. The van der Waals surface area contributed by atoms with E-state index in [0.29, 0.717) is 24.5 Å². The summed E-state index contributed by atoms with van der Waals surface area (Å²) >= 11 is 0. The number of nitrogen functional groups attached to an aromatic ring is 1. The third-order valence-corrected chi connectivity index (χ3v) is 2.07. The number of anilines is 1. The van der Waals surface area contributed by atoms with Gasteiger partial charge in [0.15, 0.2) is 5.69 Å². The topological polar surface area (TPSA) is 64.2 Å². The third kappa shape index (κ3) is 2.37. The monoisotopic (exact) mass is 208 g/mol. The Balaban J connectivity index is 2.90. The minimum Gasteiger partial charge on any atom is -0.396 e. The molecule has 2 N–H and O–H groups in total. The Kier molecular flexibility index (Phi) is 3.49. The van der Waals surface area contributed by atoms with Gasteiger partial charge in [0, 0.05) is 26.3 Å². The standard InChI is InChI=1S/C10H16N4O/c1-4-6-13(3)10(15)9-8(11)7-14(5-2)12-9/h4,7H,1,5-6,11H2,2-3H3. The van der Waals surface area contributed by atoms with Gasteiger partial charge in [-0.1, -0.05) is 6.08 Å². The molecule has 0 aromatic carbocycles. The van der Waals surface area contributed by atoms with Gasteiger partial charge in [0.2, 0.25) is 0 Å². The van der Waals surface area contributed by atoms with Gasteiger partial charge in [-0.15, -0.1) is 6.58 Å². The third-order valence-electron chi connectivity index (χ3n) is 2.07. The van der Waals surface area contributed by atoms with Crippen molar-refractivity contribution in [1.29, 1.82) is 0 Å². The molecule has 1 amide bonds. The number of carbonyl (C=O) groups excluding carboxylic acids is 1. The molecule has 0 aliphatic heterocycles. The number of hydrogen-bond donors (Lipinski definition) is 1. The SMILES string of the molecule is C=CCN(C)C(=O)c1nn(CC)cc1N. The van der Waals surface area contributed by atoms with Gasteiger partial charge in [0.1, 0.15) is 0 Å². The first kappa shape index (κ1) is 11.3. The Hall–Kier alpha value is -1.78. The van der Waals surface area contributed by atoms with Crippen molar-refractivity contribution in [3.63, 3.8) is 0 Å². The van der Waals surface area contributed by atoms with Crippen molar-refractivity contribution in [1.82, 2.24) is 14.7 Å². The molecule has 15 heavy (non-hydrogen) atoms. The lowest BCUT2D eigenvalue weighted by atomic mass is 10.3. The quantitative estimate of drug-likeness (QED) is 0.742. The molecule has 0 fully saturated rings. The van der Waals surface area contributed by atoms with Gasteiger partial charge in [0.25, 0.3) is 5.91 Å². The Morgan fingerprint density at radius 2 is 2.47 bits per heavy atom. The van der Waals surface area contributed by atoms with Crippen LogP contribution in [0.2, 0.25) is 0 Å². The number of carbonyl (C=O) groups is 1. The molecule has 1 heterocycles. The molecule has 1 rings (SSSR count). The average molecular weight is 208 g/mol. The molecule has 5 heteroatoms. The fraction of sp³-hybridized carbons (Fsp3) is 0.400. The molecule has 0 radical (unpaired) electrons. The lowest BCUT2D eigenvalue weighted by molar-refractivity contribution is 0.0804. The molecule has 0 bridgehead atoms. The molecule has 0 spiro atoms. The van der Waals surface area contributed by atoms with Crippen LogP contribution in [0.15, 0.2) is 18.9 Å². The minimum atomic E-state index is -0.181. The summed E-state index contributed by atoms with van der Waals surface area (Å²) in [5, 5.41) is 4.10. The van der Waals surface area contributed by atoms with Crippen LogP contribution in [0.4, 0.5) is 5.69 Å². The fourth-order valence-corrected chi connectivity index (χ4v) is 1.22. The average Bonchev–Trinajstić information content (AvgIpc) is 2.59. The highest BCUT2D eigenvalue weighted by molar-refractivity contribution is 5.96. The molecule has 0 aliphatic rings. The van der Waals surface area contributed by atoms with Crippen LogP contribution in [-0.4, -0.2) is 34.2 Å². The zero-order chi connectivity index (χ0) is 11.4. The van der Waals surface area contributed by atoms with Gasteiger partial charge in [-0.3, -0.25) is 9.48 Å². The molecule has 1 aromatic rings. The molecular formula is C10H16N4O. The second kappa shape index (κ2) is 4.63. The Morgan fingerprint density at radius 1 is 1.80 bits per heavy atom. The van der Waals surface area contributed by atoms with Crippen LogP contribution in [0.25, 0.3) is 0 Å². The van der Waals surface area contributed by atoms with Crippen LogP contribution in [-0.2, 0) is 6.54 Å². The molecule has 0 saturated carbocycles. The van der Waals surface area contributed by atoms with Crippen LogP contribution >= 0.6 is 0 Å². The molecule has 0 aliphatic carbocycles. The van der Waals surface area contributed by atoms with Crippen molar-refractivity contribution >= 4 is 11.6 Å². The molecule has 0 unspecified atom stereocenters. The van der Waals surface area contributed by atoms with Crippen molar-refractivity contribution in [3.8, 4) is 0 Å². The number of nitrogens with zero attached hydrogens (tertiary/aromatic N) is 3. The zero-order valence-electron chi connectivity index (χ0n) is 9.10. The predicted octanol–water partition coefficient (Wildman–Crippen LogP) is 0.743. The van der Waals surface area contributed by atoms with Gasteiger partial charge < -0.3 is 10.6 Å². The van der Waals surface area contributed by atoms with E-state index in [0.717, 1.165) is 0 Å². The number of rotatable bonds is 4.